The van der Waals surface area contributed by atoms with Crippen molar-refractivity contribution in [3.63, 3.8) is 0 Å². The maximum absolute atomic E-state index is 5.13. The molecule has 0 spiro atoms. The number of ether oxygens (including phenoxy) is 1. The van der Waals surface area contributed by atoms with Crippen LogP contribution in [0.25, 0.3) is 0 Å². The Bertz CT molecular complexity index is 66.8. The first-order valence-electron chi connectivity index (χ1n) is 2.74. The zero-order chi connectivity index (χ0) is 5.98. The monoisotopic (exact) mass is 150 g/mol. The summed E-state index contributed by atoms with van der Waals surface area (Å²) < 4.78 is 5.13. The second kappa shape index (κ2) is 2.99. The maximum Gasteiger partial charge on any atom is 0.0593 e. The minimum Gasteiger partial charge on any atom is -0.380 e. The fraction of sp³-hybridized carbons (Fsp3) is 1.00. The summed E-state index contributed by atoms with van der Waals surface area (Å²) in [4.78, 5) is 0. The van der Waals surface area contributed by atoms with Crippen molar-refractivity contribution in [3.05, 3.63) is 0 Å². The highest BCUT2D eigenvalue weighted by atomic mass is 32.1. The number of hydrogen-bond donors (Lipinski definition) is 2. The Morgan fingerprint density at radius 1 is 1.25 bits per heavy atom. The van der Waals surface area contributed by atoms with E-state index in [-0.39, 0.29) is 0 Å². The molecule has 2 atom stereocenters. The van der Waals surface area contributed by atoms with Crippen LogP contribution < -0.4 is 0 Å². The van der Waals surface area contributed by atoms with Gasteiger partial charge in [0.2, 0.25) is 0 Å². The molecule has 1 aliphatic heterocycles. The van der Waals surface area contributed by atoms with Gasteiger partial charge in [0.05, 0.1) is 6.61 Å². The highest BCUT2D eigenvalue weighted by Crippen LogP contribution is 2.17. The van der Waals surface area contributed by atoms with Crippen LogP contribution in [-0.2, 0) is 4.74 Å². The van der Waals surface area contributed by atoms with Crippen molar-refractivity contribution in [1.29, 1.82) is 0 Å². The van der Waals surface area contributed by atoms with Gasteiger partial charge in [-0.15, -0.1) is 0 Å². The molecular formula is C5H10OS2. The Labute approximate surface area is 60.6 Å². The third-order valence-corrected chi connectivity index (χ3v) is 2.65. The molecule has 0 bridgehead atoms. The molecule has 1 rings (SSSR count). The van der Waals surface area contributed by atoms with Crippen molar-refractivity contribution < 1.29 is 4.74 Å². The Balaban J connectivity index is 2.28. The van der Waals surface area contributed by atoms with Crippen molar-refractivity contribution in [2.24, 2.45) is 0 Å². The lowest BCUT2D eigenvalue weighted by molar-refractivity contribution is 0.105. The molecule has 2 unspecified atom stereocenters. The molecule has 1 heterocycles. The number of rotatable bonds is 0. The van der Waals surface area contributed by atoms with E-state index in [0.717, 1.165) is 19.6 Å². The maximum atomic E-state index is 5.13. The van der Waals surface area contributed by atoms with E-state index in [1.54, 1.807) is 0 Å². The van der Waals surface area contributed by atoms with Gasteiger partial charge in [0.15, 0.2) is 0 Å². The van der Waals surface area contributed by atoms with E-state index in [1.807, 2.05) is 0 Å². The minimum atomic E-state index is 0.340. The molecule has 0 aliphatic carbocycles. The molecule has 0 aromatic heterocycles. The molecule has 48 valence electrons. The molecule has 0 aromatic rings. The smallest absolute Gasteiger partial charge is 0.0593 e. The van der Waals surface area contributed by atoms with E-state index in [9.17, 15) is 0 Å². The van der Waals surface area contributed by atoms with Gasteiger partial charge in [0.1, 0.15) is 0 Å². The van der Waals surface area contributed by atoms with E-state index in [1.165, 1.54) is 0 Å². The summed E-state index contributed by atoms with van der Waals surface area (Å²) in [6.45, 7) is 1.61. The van der Waals surface area contributed by atoms with Crippen LogP contribution in [-0.4, -0.2) is 23.7 Å². The summed E-state index contributed by atoms with van der Waals surface area (Å²) in [6, 6.07) is 0. The largest absolute Gasteiger partial charge is 0.380 e. The SMILES string of the molecule is SC1CCOCC1S. The third kappa shape index (κ3) is 1.57. The lowest BCUT2D eigenvalue weighted by atomic mass is 10.2. The third-order valence-electron chi connectivity index (χ3n) is 1.29. The number of hydrogen-bond acceptors (Lipinski definition) is 3. The molecular weight excluding hydrogens is 140 g/mol. The molecule has 0 radical (unpaired) electrons. The minimum absolute atomic E-state index is 0.340. The highest BCUT2D eigenvalue weighted by molar-refractivity contribution is 7.85. The highest BCUT2D eigenvalue weighted by Gasteiger charge is 2.18. The van der Waals surface area contributed by atoms with Crippen LogP contribution in [0.1, 0.15) is 6.42 Å². The molecule has 0 saturated carbocycles. The Morgan fingerprint density at radius 2 is 2.00 bits per heavy atom. The van der Waals surface area contributed by atoms with Crippen LogP contribution >= 0.6 is 25.3 Å². The average molecular weight is 150 g/mol. The van der Waals surface area contributed by atoms with Crippen LogP contribution in [0.5, 0.6) is 0 Å². The molecule has 0 amide bonds. The fourth-order valence-corrected chi connectivity index (χ4v) is 1.16. The second-order valence-corrected chi connectivity index (χ2v) is 3.32. The molecule has 1 aliphatic rings. The fourth-order valence-electron chi connectivity index (χ4n) is 0.712. The van der Waals surface area contributed by atoms with Crippen molar-refractivity contribution in [3.8, 4) is 0 Å². The van der Waals surface area contributed by atoms with Crippen molar-refractivity contribution in [1.82, 2.24) is 0 Å². The molecule has 3 heteroatoms. The van der Waals surface area contributed by atoms with Gasteiger partial charge < -0.3 is 4.74 Å². The summed E-state index contributed by atoms with van der Waals surface area (Å²) in [7, 11) is 0. The van der Waals surface area contributed by atoms with Crippen LogP contribution in [0, 0.1) is 0 Å². The van der Waals surface area contributed by atoms with Crippen LogP contribution in [0.3, 0.4) is 0 Å². The van der Waals surface area contributed by atoms with Crippen LogP contribution in [0.4, 0.5) is 0 Å². The predicted octanol–water partition coefficient (Wildman–Crippen LogP) is 1.00. The lowest BCUT2D eigenvalue weighted by Crippen LogP contribution is -2.28. The summed E-state index contributed by atoms with van der Waals surface area (Å²) in [5.41, 5.74) is 0. The molecule has 1 nitrogen and oxygen atoms in total. The molecule has 8 heavy (non-hydrogen) atoms. The molecule has 0 aromatic carbocycles. The van der Waals surface area contributed by atoms with Crippen LogP contribution in [0.15, 0.2) is 0 Å². The Morgan fingerprint density at radius 3 is 2.38 bits per heavy atom. The van der Waals surface area contributed by atoms with E-state index >= 15 is 0 Å². The molecule has 0 N–H and O–H groups in total. The average Bonchev–Trinajstić information content (AvgIpc) is 1.77. The van der Waals surface area contributed by atoms with Gasteiger partial charge in [0.25, 0.3) is 0 Å². The van der Waals surface area contributed by atoms with Gasteiger partial charge in [-0.3, -0.25) is 0 Å². The summed E-state index contributed by atoms with van der Waals surface area (Å²) in [5.74, 6) is 0. The molecule has 1 fully saturated rings. The van der Waals surface area contributed by atoms with Gasteiger partial charge in [-0.05, 0) is 6.42 Å². The van der Waals surface area contributed by atoms with Crippen LogP contribution in [0.2, 0.25) is 0 Å². The van der Waals surface area contributed by atoms with E-state index in [0.29, 0.717) is 10.5 Å². The van der Waals surface area contributed by atoms with Gasteiger partial charge in [-0.1, -0.05) is 0 Å². The zero-order valence-electron chi connectivity index (χ0n) is 4.58. The first-order chi connectivity index (χ1) is 3.80. The van der Waals surface area contributed by atoms with Gasteiger partial charge in [-0.25, -0.2) is 0 Å². The van der Waals surface area contributed by atoms with Gasteiger partial charge in [0, 0.05) is 17.1 Å². The van der Waals surface area contributed by atoms with Gasteiger partial charge >= 0.3 is 0 Å². The first-order valence-corrected chi connectivity index (χ1v) is 3.78. The predicted molar refractivity (Wildman–Crippen MR) is 41.0 cm³/mol. The zero-order valence-corrected chi connectivity index (χ0v) is 6.37. The molecule has 1 saturated heterocycles. The Kier molecular flexibility index (Phi) is 2.53. The van der Waals surface area contributed by atoms with E-state index in [4.69, 9.17) is 4.74 Å². The van der Waals surface area contributed by atoms with Crippen molar-refractivity contribution in [2.45, 2.75) is 16.9 Å². The Hall–Kier alpha value is 0.660. The quantitative estimate of drug-likeness (QED) is 0.490. The summed E-state index contributed by atoms with van der Waals surface area (Å²) >= 11 is 8.55. The number of thiol groups is 2. The van der Waals surface area contributed by atoms with Gasteiger partial charge in [-0.2, -0.15) is 25.3 Å². The lowest BCUT2D eigenvalue weighted by Gasteiger charge is -2.23. The second-order valence-electron chi connectivity index (χ2n) is 2.00. The summed E-state index contributed by atoms with van der Waals surface area (Å²) in [6.07, 6.45) is 1.04. The normalized spacial score (nSPS) is 39.8. The standard InChI is InChI=1S/C5H10OS2/c7-4-1-2-6-3-5(4)8/h4-5,7-8H,1-3H2. The van der Waals surface area contributed by atoms with E-state index in [2.05, 4.69) is 25.3 Å². The first kappa shape index (κ1) is 6.78. The van der Waals surface area contributed by atoms with Crippen molar-refractivity contribution >= 4 is 25.3 Å². The van der Waals surface area contributed by atoms with Crippen molar-refractivity contribution in [2.75, 3.05) is 13.2 Å². The summed E-state index contributed by atoms with van der Waals surface area (Å²) in [5, 5.41) is 0.777. The topological polar surface area (TPSA) is 9.23 Å². The van der Waals surface area contributed by atoms with E-state index < -0.39 is 0 Å².